The molecular formula is C19H20N4O4S. The van der Waals surface area contributed by atoms with E-state index in [1.807, 2.05) is 0 Å². The summed E-state index contributed by atoms with van der Waals surface area (Å²) < 4.78 is 27.7. The highest BCUT2D eigenvalue weighted by molar-refractivity contribution is 7.92. The van der Waals surface area contributed by atoms with Gasteiger partial charge in [0.1, 0.15) is 5.82 Å². The maximum atomic E-state index is 12.6. The number of hydrogen-bond donors (Lipinski definition) is 1. The van der Waals surface area contributed by atoms with Gasteiger partial charge in [-0.05, 0) is 49.2 Å². The molecule has 0 unspecified atom stereocenters. The molecule has 4 rings (SSSR count). The SMILES string of the molecule is O=C1CCC(=O)N1c1ccc(S(=O)(=O)Nc2ccc(N3CCCC3)nc2)cc1. The van der Waals surface area contributed by atoms with Crippen LogP contribution < -0.4 is 14.5 Å². The molecule has 8 nitrogen and oxygen atoms in total. The van der Waals surface area contributed by atoms with Gasteiger partial charge in [0.15, 0.2) is 0 Å². The fraction of sp³-hybridized carbons (Fsp3) is 0.316. The fourth-order valence-corrected chi connectivity index (χ4v) is 4.48. The largest absolute Gasteiger partial charge is 0.357 e. The van der Waals surface area contributed by atoms with E-state index in [2.05, 4.69) is 14.6 Å². The molecule has 1 N–H and O–H groups in total. The summed E-state index contributed by atoms with van der Waals surface area (Å²) in [5.74, 6) is 0.288. The van der Waals surface area contributed by atoms with Gasteiger partial charge >= 0.3 is 0 Å². The lowest BCUT2D eigenvalue weighted by Gasteiger charge is -2.17. The Bertz CT molecular complexity index is 981. The number of nitrogens with one attached hydrogen (secondary N) is 1. The van der Waals surface area contributed by atoms with E-state index in [0.717, 1.165) is 36.6 Å². The van der Waals surface area contributed by atoms with Crippen LogP contribution in [0, 0.1) is 0 Å². The average molecular weight is 400 g/mol. The zero-order valence-corrected chi connectivity index (χ0v) is 16.0. The predicted octanol–water partition coefficient (Wildman–Crippen LogP) is 2.14. The molecule has 0 saturated carbocycles. The first-order valence-corrected chi connectivity index (χ1v) is 10.6. The Hall–Kier alpha value is -2.94. The lowest BCUT2D eigenvalue weighted by atomic mass is 10.3. The van der Waals surface area contributed by atoms with Crippen LogP contribution in [-0.2, 0) is 19.6 Å². The molecule has 1 aromatic carbocycles. The van der Waals surface area contributed by atoms with Crippen LogP contribution in [0.15, 0.2) is 47.5 Å². The van der Waals surface area contributed by atoms with Crippen LogP contribution in [0.1, 0.15) is 25.7 Å². The number of sulfonamides is 1. The number of carbonyl (C=O) groups is 2. The van der Waals surface area contributed by atoms with E-state index in [0.29, 0.717) is 11.4 Å². The molecular weight excluding hydrogens is 380 g/mol. The minimum absolute atomic E-state index is 0.0407. The first kappa shape index (κ1) is 18.4. The van der Waals surface area contributed by atoms with Crippen LogP contribution in [0.5, 0.6) is 0 Å². The molecule has 28 heavy (non-hydrogen) atoms. The summed E-state index contributed by atoms with van der Waals surface area (Å²) in [4.78, 5) is 31.2. The summed E-state index contributed by atoms with van der Waals surface area (Å²) in [6.45, 7) is 1.93. The van der Waals surface area contributed by atoms with E-state index in [1.54, 1.807) is 12.1 Å². The molecule has 0 atom stereocenters. The number of imide groups is 1. The lowest BCUT2D eigenvalue weighted by molar-refractivity contribution is -0.121. The average Bonchev–Trinajstić information content (AvgIpc) is 3.32. The molecule has 0 radical (unpaired) electrons. The Kier molecular flexibility index (Phi) is 4.76. The highest BCUT2D eigenvalue weighted by Gasteiger charge is 2.30. The molecule has 2 amide bonds. The van der Waals surface area contributed by atoms with Gasteiger partial charge in [-0.3, -0.25) is 19.2 Å². The molecule has 3 heterocycles. The van der Waals surface area contributed by atoms with E-state index in [9.17, 15) is 18.0 Å². The molecule has 2 fully saturated rings. The summed E-state index contributed by atoms with van der Waals surface area (Å²) in [5, 5.41) is 0. The standard InChI is InChI=1S/C19H20N4O4S/c24-18-9-10-19(25)23(18)15-4-6-16(7-5-15)28(26,27)21-14-3-8-17(20-13-14)22-11-1-2-12-22/h3-8,13,21H,1-2,9-12H2. The molecule has 2 saturated heterocycles. The van der Waals surface area contributed by atoms with Gasteiger partial charge in [0.2, 0.25) is 11.8 Å². The van der Waals surface area contributed by atoms with E-state index < -0.39 is 10.0 Å². The van der Waals surface area contributed by atoms with Crippen molar-refractivity contribution in [3.05, 3.63) is 42.6 Å². The van der Waals surface area contributed by atoms with Crippen LogP contribution in [0.25, 0.3) is 0 Å². The Labute approximate surface area is 163 Å². The Morgan fingerprint density at radius 3 is 2.11 bits per heavy atom. The second kappa shape index (κ2) is 7.23. The van der Waals surface area contributed by atoms with Gasteiger partial charge in [-0.25, -0.2) is 13.4 Å². The van der Waals surface area contributed by atoms with Gasteiger partial charge in [0.25, 0.3) is 10.0 Å². The van der Waals surface area contributed by atoms with Gasteiger partial charge in [-0.1, -0.05) is 0 Å². The number of anilines is 3. The summed E-state index contributed by atoms with van der Waals surface area (Å²) >= 11 is 0. The third-order valence-corrected chi connectivity index (χ3v) is 6.28. The Morgan fingerprint density at radius 1 is 0.893 bits per heavy atom. The normalized spacial score (nSPS) is 17.4. The third-order valence-electron chi connectivity index (χ3n) is 4.89. The summed E-state index contributed by atoms with van der Waals surface area (Å²) in [5.41, 5.74) is 0.750. The van der Waals surface area contributed by atoms with Crippen molar-refractivity contribution in [2.45, 2.75) is 30.6 Å². The smallest absolute Gasteiger partial charge is 0.261 e. The van der Waals surface area contributed by atoms with Crippen LogP contribution >= 0.6 is 0 Å². The number of benzene rings is 1. The van der Waals surface area contributed by atoms with Gasteiger partial charge in [0.05, 0.1) is 22.5 Å². The second-order valence-corrected chi connectivity index (χ2v) is 8.50. The van der Waals surface area contributed by atoms with Crippen molar-refractivity contribution in [3.63, 3.8) is 0 Å². The van der Waals surface area contributed by atoms with Crippen molar-refractivity contribution < 1.29 is 18.0 Å². The minimum atomic E-state index is -3.80. The second-order valence-electron chi connectivity index (χ2n) is 6.82. The quantitative estimate of drug-likeness (QED) is 0.772. The Morgan fingerprint density at radius 2 is 1.54 bits per heavy atom. The molecule has 1 aromatic heterocycles. The summed E-state index contributed by atoms with van der Waals surface area (Å²) in [7, 11) is -3.80. The number of carbonyl (C=O) groups excluding carboxylic acids is 2. The van der Waals surface area contributed by atoms with Crippen LogP contribution in [0.4, 0.5) is 17.2 Å². The first-order chi connectivity index (χ1) is 13.4. The Balaban J connectivity index is 1.48. The van der Waals surface area contributed by atoms with E-state index >= 15 is 0 Å². The van der Waals surface area contributed by atoms with Crippen LogP contribution in [-0.4, -0.2) is 38.3 Å². The van der Waals surface area contributed by atoms with Crippen LogP contribution in [0.3, 0.4) is 0 Å². The third kappa shape index (κ3) is 3.57. The topological polar surface area (TPSA) is 99.7 Å². The van der Waals surface area contributed by atoms with Crippen molar-refractivity contribution in [1.82, 2.24) is 4.98 Å². The molecule has 2 aromatic rings. The number of rotatable bonds is 5. The zero-order chi connectivity index (χ0) is 19.7. The molecule has 2 aliphatic rings. The molecule has 0 aliphatic carbocycles. The predicted molar refractivity (Wildman–Crippen MR) is 105 cm³/mol. The van der Waals surface area contributed by atoms with Crippen molar-refractivity contribution in [1.29, 1.82) is 0 Å². The first-order valence-electron chi connectivity index (χ1n) is 9.14. The number of hydrogen-bond acceptors (Lipinski definition) is 6. The summed E-state index contributed by atoms with van der Waals surface area (Å²) in [6.07, 6.45) is 4.14. The molecule has 146 valence electrons. The monoisotopic (exact) mass is 400 g/mol. The molecule has 0 spiro atoms. The summed E-state index contributed by atoms with van der Waals surface area (Å²) in [6, 6.07) is 9.17. The van der Waals surface area contributed by atoms with Gasteiger partial charge in [-0.15, -0.1) is 0 Å². The minimum Gasteiger partial charge on any atom is -0.357 e. The van der Waals surface area contributed by atoms with Crippen LogP contribution in [0.2, 0.25) is 0 Å². The van der Waals surface area contributed by atoms with Crippen molar-refractivity contribution >= 4 is 39.0 Å². The highest BCUT2D eigenvalue weighted by Crippen LogP contribution is 2.25. The highest BCUT2D eigenvalue weighted by atomic mass is 32.2. The molecule has 0 bridgehead atoms. The van der Waals surface area contributed by atoms with Gasteiger partial charge < -0.3 is 4.90 Å². The zero-order valence-electron chi connectivity index (χ0n) is 15.2. The molecule has 9 heteroatoms. The maximum Gasteiger partial charge on any atom is 0.261 e. The van der Waals surface area contributed by atoms with E-state index in [-0.39, 0.29) is 29.6 Å². The van der Waals surface area contributed by atoms with Crippen molar-refractivity contribution in [2.75, 3.05) is 27.6 Å². The maximum absolute atomic E-state index is 12.6. The van der Waals surface area contributed by atoms with Crippen molar-refractivity contribution in [2.24, 2.45) is 0 Å². The number of pyridine rings is 1. The van der Waals surface area contributed by atoms with Gasteiger partial charge in [0, 0.05) is 25.9 Å². The number of amides is 2. The lowest BCUT2D eigenvalue weighted by Crippen LogP contribution is -2.28. The number of aromatic nitrogens is 1. The van der Waals surface area contributed by atoms with Gasteiger partial charge in [-0.2, -0.15) is 0 Å². The van der Waals surface area contributed by atoms with Crippen molar-refractivity contribution in [3.8, 4) is 0 Å². The molecule has 2 aliphatic heterocycles. The van der Waals surface area contributed by atoms with E-state index in [1.165, 1.54) is 30.5 Å². The van der Waals surface area contributed by atoms with E-state index in [4.69, 9.17) is 0 Å². The number of nitrogens with zero attached hydrogens (tertiary/aromatic N) is 3. The fourth-order valence-electron chi connectivity index (χ4n) is 3.43.